The molecular formula is C29H56N2O. The van der Waals surface area contributed by atoms with Gasteiger partial charge in [0, 0.05) is 32.1 Å². The Bertz CT molecular complexity index is 513. The summed E-state index contributed by atoms with van der Waals surface area (Å²) in [6.07, 6.45) is 18.9. The molecule has 0 aliphatic carbocycles. The van der Waals surface area contributed by atoms with Crippen molar-refractivity contribution in [1.82, 2.24) is 9.80 Å². The number of nitrogens with zero attached hydrogens (tertiary/aromatic N) is 2. The van der Waals surface area contributed by atoms with Crippen molar-refractivity contribution in [3.63, 3.8) is 0 Å². The van der Waals surface area contributed by atoms with Gasteiger partial charge in [0.05, 0.1) is 0 Å². The van der Waals surface area contributed by atoms with E-state index in [0.29, 0.717) is 16.7 Å². The molecule has 188 valence electrons. The van der Waals surface area contributed by atoms with Gasteiger partial charge in [-0.05, 0) is 62.3 Å². The molecule has 2 heterocycles. The van der Waals surface area contributed by atoms with E-state index in [1.54, 1.807) is 0 Å². The molecule has 1 amide bonds. The number of carbonyl (C=O) groups is 1. The summed E-state index contributed by atoms with van der Waals surface area (Å²) >= 11 is 0. The molecule has 0 radical (unpaired) electrons. The molecule has 0 saturated carbocycles. The fraction of sp³-hybridized carbons (Fsp3) is 0.966. The minimum atomic E-state index is 0.287. The number of piperidine rings is 1. The predicted octanol–water partition coefficient (Wildman–Crippen LogP) is 7.68. The lowest BCUT2D eigenvalue weighted by atomic mass is 9.71. The van der Waals surface area contributed by atoms with Crippen LogP contribution < -0.4 is 0 Å². The lowest BCUT2D eigenvalue weighted by Gasteiger charge is -2.54. The molecule has 3 nitrogen and oxygen atoms in total. The smallest absolute Gasteiger partial charge is 0.225 e. The molecule has 0 N–H and O–H groups in total. The molecule has 2 aliphatic rings. The molecule has 0 bridgehead atoms. The van der Waals surface area contributed by atoms with Crippen LogP contribution in [0.25, 0.3) is 0 Å². The summed E-state index contributed by atoms with van der Waals surface area (Å²) in [6, 6.07) is 0. The maximum absolute atomic E-state index is 13.3. The number of hydrogen-bond acceptors (Lipinski definition) is 2. The summed E-state index contributed by atoms with van der Waals surface area (Å²) in [7, 11) is 0. The van der Waals surface area contributed by atoms with Gasteiger partial charge in [-0.1, -0.05) is 86.0 Å². The van der Waals surface area contributed by atoms with Crippen LogP contribution in [0.1, 0.15) is 131 Å². The van der Waals surface area contributed by atoms with E-state index < -0.39 is 0 Å². The Morgan fingerprint density at radius 1 is 0.812 bits per heavy atom. The first kappa shape index (κ1) is 27.7. The predicted molar refractivity (Wildman–Crippen MR) is 139 cm³/mol. The van der Waals surface area contributed by atoms with E-state index in [1.807, 2.05) is 0 Å². The molecule has 1 atom stereocenters. The van der Waals surface area contributed by atoms with E-state index in [-0.39, 0.29) is 5.92 Å². The molecule has 2 fully saturated rings. The second-order valence-corrected chi connectivity index (χ2v) is 12.1. The van der Waals surface area contributed by atoms with Crippen molar-refractivity contribution < 1.29 is 4.79 Å². The van der Waals surface area contributed by atoms with Crippen molar-refractivity contribution in [2.75, 3.05) is 32.7 Å². The van der Waals surface area contributed by atoms with Gasteiger partial charge in [0.2, 0.25) is 5.91 Å². The van der Waals surface area contributed by atoms with Crippen molar-refractivity contribution in [2.45, 2.75) is 131 Å². The molecular weight excluding hydrogens is 392 g/mol. The quantitative estimate of drug-likeness (QED) is 0.226. The molecule has 1 spiro atoms. The van der Waals surface area contributed by atoms with Crippen molar-refractivity contribution in [3.8, 4) is 0 Å². The fourth-order valence-corrected chi connectivity index (χ4v) is 6.06. The summed E-state index contributed by atoms with van der Waals surface area (Å²) in [4.78, 5) is 18.2. The van der Waals surface area contributed by atoms with E-state index in [1.165, 1.54) is 103 Å². The zero-order chi connectivity index (χ0) is 23.5. The van der Waals surface area contributed by atoms with Crippen LogP contribution in [0, 0.1) is 16.7 Å². The van der Waals surface area contributed by atoms with Crippen LogP contribution in [-0.4, -0.2) is 48.4 Å². The molecule has 3 heteroatoms. The number of unbranched alkanes of at least 4 members (excludes halogenated alkanes) is 5. The fourth-order valence-electron chi connectivity index (χ4n) is 6.06. The van der Waals surface area contributed by atoms with Gasteiger partial charge in [0.1, 0.15) is 0 Å². The van der Waals surface area contributed by atoms with Crippen LogP contribution in [0.2, 0.25) is 0 Å². The summed E-state index contributed by atoms with van der Waals surface area (Å²) < 4.78 is 0. The highest BCUT2D eigenvalue weighted by Crippen LogP contribution is 2.41. The average molecular weight is 449 g/mol. The third kappa shape index (κ3) is 8.99. The standard InChI is InChI=1S/C29H56N2O/c1-6-9-12-13-16-26(15-10-7-2)27(32)31-22-19-29(20-23-31)24-30(25-29)21-14-18-28(4,5)17-11-8-3/h26H,6-25H2,1-5H3. The maximum atomic E-state index is 13.3. The Morgan fingerprint density at radius 2 is 1.41 bits per heavy atom. The maximum Gasteiger partial charge on any atom is 0.225 e. The van der Waals surface area contributed by atoms with E-state index in [9.17, 15) is 4.79 Å². The minimum absolute atomic E-state index is 0.287. The van der Waals surface area contributed by atoms with Crippen molar-refractivity contribution in [1.29, 1.82) is 0 Å². The highest BCUT2D eigenvalue weighted by atomic mass is 16.2. The molecule has 32 heavy (non-hydrogen) atoms. The van der Waals surface area contributed by atoms with Gasteiger partial charge in [-0.3, -0.25) is 4.79 Å². The Labute approximate surface area is 201 Å². The Hall–Kier alpha value is -0.570. The minimum Gasteiger partial charge on any atom is -0.342 e. The van der Waals surface area contributed by atoms with E-state index in [2.05, 4.69) is 44.4 Å². The van der Waals surface area contributed by atoms with Crippen LogP contribution in [0.5, 0.6) is 0 Å². The van der Waals surface area contributed by atoms with E-state index >= 15 is 0 Å². The van der Waals surface area contributed by atoms with E-state index in [4.69, 9.17) is 0 Å². The number of carbonyl (C=O) groups excluding carboxylic acids is 1. The lowest BCUT2D eigenvalue weighted by molar-refractivity contribution is -0.141. The van der Waals surface area contributed by atoms with Gasteiger partial charge in [0.15, 0.2) is 0 Å². The molecule has 0 aromatic carbocycles. The van der Waals surface area contributed by atoms with Gasteiger partial charge >= 0.3 is 0 Å². The summed E-state index contributed by atoms with van der Waals surface area (Å²) in [6.45, 7) is 17.6. The number of hydrogen-bond donors (Lipinski definition) is 0. The van der Waals surface area contributed by atoms with Crippen molar-refractivity contribution >= 4 is 5.91 Å². The highest BCUT2D eigenvalue weighted by Gasteiger charge is 2.45. The number of rotatable bonds is 16. The first-order chi connectivity index (χ1) is 15.3. The Morgan fingerprint density at radius 3 is 2.03 bits per heavy atom. The average Bonchev–Trinajstić information content (AvgIpc) is 2.76. The first-order valence-electron chi connectivity index (χ1n) is 14.4. The Balaban J connectivity index is 1.69. The van der Waals surface area contributed by atoms with Crippen LogP contribution in [-0.2, 0) is 4.79 Å². The summed E-state index contributed by atoms with van der Waals surface area (Å²) in [5.74, 6) is 0.769. The third-order valence-electron chi connectivity index (χ3n) is 8.45. The van der Waals surface area contributed by atoms with Crippen LogP contribution in [0.15, 0.2) is 0 Å². The molecule has 1 unspecified atom stereocenters. The van der Waals surface area contributed by atoms with Crippen molar-refractivity contribution in [2.24, 2.45) is 16.7 Å². The van der Waals surface area contributed by atoms with Gasteiger partial charge in [-0.25, -0.2) is 0 Å². The topological polar surface area (TPSA) is 23.6 Å². The zero-order valence-corrected chi connectivity index (χ0v) is 22.5. The molecule has 0 aromatic rings. The number of likely N-dealkylation sites (tertiary alicyclic amines) is 2. The van der Waals surface area contributed by atoms with Gasteiger partial charge in [-0.15, -0.1) is 0 Å². The second-order valence-electron chi connectivity index (χ2n) is 12.1. The monoisotopic (exact) mass is 448 g/mol. The first-order valence-corrected chi connectivity index (χ1v) is 14.4. The summed E-state index contributed by atoms with van der Waals surface area (Å²) in [5, 5.41) is 0. The largest absolute Gasteiger partial charge is 0.342 e. The van der Waals surface area contributed by atoms with Crippen LogP contribution in [0.3, 0.4) is 0 Å². The highest BCUT2D eigenvalue weighted by molar-refractivity contribution is 5.79. The molecule has 2 saturated heterocycles. The Kier molecular flexibility index (Phi) is 12.1. The zero-order valence-electron chi connectivity index (χ0n) is 22.5. The van der Waals surface area contributed by atoms with Crippen LogP contribution in [0.4, 0.5) is 0 Å². The third-order valence-corrected chi connectivity index (χ3v) is 8.45. The van der Waals surface area contributed by atoms with Gasteiger partial charge in [0.25, 0.3) is 0 Å². The SMILES string of the molecule is CCCCCCC(CCCC)C(=O)N1CCC2(CC1)CN(CCCC(C)(C)CCCC)C2. The molecule has 0 aromatic heterocycles. The van der Waals surface area contributed by atoms with Crippen LogP contribution >= 0.6 is 0 Å². The van der Waals surface area contributed by atoms with Crippen molar-refractivity contribution in [3.05, 3.63) is 0 Å². The van der Waals surface area contributed by atoms with E-state index in [0.717, 1.165) is 25.9 Å². The summed E-state index contributed by atoms with van der Waals surface area (Å²) in [5.41, 5.74) is 1.03. The molecule has 2 aliphatic heterocycles. The van der Waals surface area contributed by atoms with Gasteiger partial charge < -0.3 is 9.80 Å². The number of amides is 1. The normalized spacial score (nSPS) is 19.8. The second kappa shape index (κ2) is 14.0. The lowest BCUT2D eigenvalue weighted by Crippen LogP contribution is -2.61. The van der Waals surface area contributed by atoms with Gasteiger partial charge in [-0.2, -0.15) is 0 Å². The molecule has 2 rings (SSSR count).